The Bertz CT molecular complexity index is 847. The largest absolute Gasteiger partial charge is 0.325 e. The second-order valence-corrected chi connectivity index (χ2v) is 7.20. The fraction of sp³-hybridized carbons (Fsp3) is 0.444. The minimum atomic E-state index is -0.496. The number of anilines is 1. The quantitative estimate of drug-likeness (QED) is 0.906. The molecule has 2 aromatic rings. The Balaban J connectivity index is 1.83. The predicted octanol–water partition coefficient (Wildman–Crippen LogP) is 1.86. The molecule has 2 unspecified atom stereocenters. The van der Waals surface area contributed by atoms with Crippen LogP contribution in [0, 0.1) is 5.92 Å². The van der Waals surface area contributed by atoms with Gasteiger partial charge in [0.15, 0.2) is 11.9 Å². The number of amides is 3. The third kappa shape index (κ3) is 2.44. The number of carbonyl (C=O) groups excluding carboxylic acids is 2. The van der Waals surface area contributed by atoms with E-state index in [0.29, 0.717) is 24.2 Å². The van der Waals surface area contributed by atoms with E-state index in [-0.39, 0.29) is 5.91 Å². The number of carbonyl (C=O) groups is 2. The van der Waals surface area contributed by atoms with Gasteiger partial charge in [0.1, 0.15) is 6.17 Å². The second kappa shape index (κ2) is 6.12. The Morgan fingerprint density at radius 1 is 1.15 bits per heavy atom. The first-order valence-corrected chi connectivity index (χ1v) is 8.83. The normalized spacial score (nSPS) is 21.8. The van der Waals surface area contributed by atoms with Crippen LogP contribution in [0.2, 0.25) is 0 Å². The molecule has 1 aromatic heterocycles. The average Bonchev–Trinajstić information content (AvgIpc) is 3.17. The van der Waals surface area contributed by atoms with Crippen molar-refractivity contribution in [3.05, 3.63) is 30.3 Å². The predicted molar refractivity (Wildman–Crippen MR) is 96.4 cm³/mol. The zero-order valence-corrected chi connectivity index (χ0v) is 15.1. The van der Waals surface area contributed by atoms with Gasteiger partial charge in [-0.05, 0) is 12.3 Å². The van der Waals surface area contributed by atoms with Crippen LogP contribution in [0.3, 0.4) is 0 Å². The number of rotatable bonds is 4. The summed E-state index contributed by atoms with van der Waals surface area (Å²) in [4.78, 5) is 28.4. The van der Waals surface area contributed by atoms with Crippen molar-refractivity contribution in [2.45, 2.75) is 32.5 Å². The van der Waals surface area contributed by atoms with Crippen LogP contribution >= 0.6 is 0 Å². The molecule has 2 atom stereocenters. The molecule has 1 aromatic carbocycles. The van der Waals surface area contributed by atoms with Gasteiger partial charge in [0.2, 0.25) is 5.95 Å². The molecule has 0 bridgehead atoms. The van der Waals surface area contributed by atoms with Gasteiger partial charge in [-0.1, -0.05) is 44.2 Å². The lowest BCUT2D eigenvalue weighted by Gasteiger charge is -2.37. The molecule has 3 heterocycles. The highest BCUT2D eigenvalue weighted by atomic mass is 16.2. The van der Waals surface area contributed by atoms with Crippen LogP contribution < -0.4 is 10.2 Å². The van der Waals surface area contributed by atoms with Gasteiger partial charge >= 0.3 is 6.03 Å². The summed E-state index contributed by atoms with van der Waals surface area (Å²) in [5, 5.41) is 11.2. The number of aromatic nitrogens is 3. The summed E-state index contributed by atoms with van der Waals surface area (Å²) in [5.74, 6) is 1.50. The lowest BCUT2D eigenvalue weighted by atomic mass is 10.1. The molecular formula is C18H22N6O2. The number of imide groups is 1. The van der Waals surface area contributed by atoms with Crippen LogP contribution in [0.25, 0.3) is 11.4 Å². The van der Waals surface area contributed by atoms with Crippen LogP contribution in [0.15, 0.2) is 30.3 Å². The number of fused-ring (bicyclic) bond motifs is 3. The average molecular weight is 354 g/mol. The highest BCUT2D eigenvalue weighted by molar-refractivity contribution is 6.02. The van der Waals surface area contributed by atoms with Crippen LogP contribution in [0.5, 0.6) is 0 Å². The SMILES string of the molecule is CC(C)CCN1c2nnc(-c3ccccc3)n2C2C1C(=O)NC(=O)N2C. The van der Waals surface area contributed by atoms with Gasteiger partial charge in [-0.2, -0.15) is 0 Å². The van der Waals surface area contributed by atoms with Gasteiger partial charge in [0.25, 0.3) is 5.91 Å². The fourth-order valence-corrected chi connectivity index (χ4v) is 3.62. The van der Waals surface area contributed by atoms with Crippen molar-refractivity contribution in [1.82, 2.24) is 25.0 Å². The van der Waals surface area contributed by atoms with E-state index in [2.05, 4.69) is 29.4 Å². The molecule has 26 heavy (non-hydrogen) atoms. The number of urea groups is 1. The Labute approximate surface area is 151 Å². The molecule has 0 saturated carbocycles. The summed E-state index contributed by atoms with van der Waals surface area (Å²) in [7, 11) is 1.70. The Morgan fingerprint density at radius 2 is 1.88 bits per heavy atom. The highest BCUT2D eigenvalue weighted by Crippen LogP contribution is 2.40. The van der Waals surface area contributed by atoms with Crippen molar-refractivity contribution in [1.29, 1.82) is 0 Å². The van der Waals surface area contributed by atoms with E-state index in [4.69, 9.17) is 0 Å². The standard InChI is InChI=1S/C18H22N6O2/c1-11(2)9-10-23-13-15(25)19-18(26)22(3)16(13)24-14(20-21-17(23)24)12-7-5-4-6-8-12/h4-8,11,13,16H,9-10H2,1-3H3,(H,19,25,26). The van der Waals surface area contributed by atoms with Crippen LogP contribution in [0.4, 0.5) is 10.7 Å². The van der Waals surface area contributed by atoms with Crippen molar-refractivity contribution in [2.75, 3.05) is 18.5 Å². The molecule has 1 fully saturated rings. The Morgan fingerprint density at radius 3 is 2.58 bits per heavy atom. The molecule has 1 N–H and O–H groups in total. The maximum absolute atomic E-state index is 12.6. The molecular weight excluding hydrogens is 332 g/mol. The number of hydrogen-bond donors (Lipinski definition) is 1. The first-order chi connectivity index (χ1) is 12.5. The lowest BCUT2D eigenvalue weighted by molar-refractivity contribution is -0.124. The van der Waals surface area contributed by atoms with E-state index in [1.54, 1.807) is 11.9 Å². The van der Waals surface area contributed by atoms with E-state index in [9.17, 15) is 9.59 Å². The number of benzene rings is 1. The monoisotopic (exact) mass is 354 g/mol. The van der Waals surface area contributed by atoms with E-state index in [1.807, 2.05) is 39.8 Å². The van der Waals surface area contributed by atoms with Crippen molar-refractivity contribution in [2.24, 2.45) is 5.92 Å². The van der Waals surface area contributed by atoms with Gasteiger partial charge in [-0.3, -0.25) is 14.7 Å². The van der Waals surface area contributed by atoms with Crippen molar-refractivity contribution in [3.8, 4) is 11.4 Å². The van der Waals surface area contributed by atoms with Gasteiger partial charge < -0.3 is 9.80 Å². The number of likely N-dealkylation sites (N-methyl/N-ethyl adjacent to an activating group) is 1. The summed E-state index contributed by atoms with van der Waals surface area (Å²) >= 11 is 0. The summed E-state index contributed by atoms with van der Waals surface area (Å²) < 4.78 is 1.91. The third-order valence-electron chi connectivity index (χ3n) is 5.01. The Kier molecular flexibility index (Phi) is 3.90. The second-order valence-electron chi connectivity index (χ2n) is 7.20. The molecule has 8 heteroatoms. The van der Waals surface area contributed by atoms with Crippen LogP contribution in [-0.2, 0) is 4.79 Å². The molecule has 2 aliphatic heterocycles. The zero-order valence-electron chi connectivity index (χ0n) is 15.1. The molecule has 1 saturated heterocycles. The van der Waals surface area contributed by atoms with Crippen molar-refractivity contribution in [3.63, 3.8) is 0 Å². The topological polar surface area (TPSA) is 83.4 Å². The summed E-state index contributed by atoms with van der Waals surface area (Å²) in [6.07, 6.45) is 0.463. The van der Waals surface area contributed by atoms with E-state index >= 15 is 0 Å². The third-order valence-corrected chi connectivity index (χ3v) is 5.01. The minimum absolute atomic E-state index is 0.286. The minimum Gasteiger partial charge on any atom is -0.325 e. The number of nitrogens with one attached hydrogen (secondary N) is 1. The number of hydrogen-bond acceptors (Lipinski definition) is 5. The molecule has 4 rings (SSSR count). The molecule has 0 spiro atoms. The van der Waals surface area contributed by atoms with Crippen LogP contribution in [0.1, 0.15) is 26.4 Å². The van der Waals surface area contributed by atoms with E-state index < -0.39 is 18.2 Å². The Hall–Kier alpha value is -2.90. The van der Waals surface area contributed by atoms with Crippen molar-refractivity contribution >= 4 is 17.9 Å². The van der Waals surface area contributed by atoms with E-state index in [1.165, 1.54) is 0 Å². The molecule has 0 aliphatic carbocycles. The number of nitrogens with zero attached hydrogens (tertiary/aromatic N) is 5. The molecule has 3 amide bonds. The highest BCUT2D eigenvalue weighted by Gasteiger charge is 2.52. The fourth-order valence-electron chi connectivity index (χ4n) is 3.62. The summed E-state index contributed by atoms with van der Waals surface area (Å²) in [6.45, 7) is 4.97. The summed E-state index contributed by atoms with van der Waals surface area (Å²) in [5.41, 5.74) is 0.905. The first-order valence-electron chi connectivity index (χ1n) is 8.83. The molecule has 136 valence electrons. The first kappa shape index (κ1) is 16.6. The van der Waals surface area contributed by atoms with Gasteiger partial charge in [-0.15, -0.1) is 10.2 Å². The van der Waals surface area contributed by atoms with Crippen molar-refractivity contribution < 1.29 is 9.59 Å². The molecule has 2 aliphatic rings. The maximum Gasteiger partial charge on any atom is 0.325 e. The smallest absolute Gasteiger partial charge is 0.325 e. The van der Waals surface area contributed by atoms with Gasteiger partial charge in [0, 0.05) is 19.2 Å². The maximum atomic E-state index is 12.6. The van der Waals surface area contributed by atoms with Gasteiger partial charge in [-0.25, -0.2) is 4.79 Å². The lowest BCUT2D eigenvalue weighted by Crippen LogP contribution is -2.61. The van der Waals surface area contributed by atoms with Gasteiger partial charge in [0.05, 0.1) is 0 Å². The molecule has 0 radical (unpaired) electrons. The van der Waals surface area contributed by atoms with Crippen LogP contribution in [-0.4, -0.2) is 51.2 Å². The zero-order chi connectivity index (χ0) is 18.4. The van der Waals surface area contributed by atoms with E-state index in [0.717, 1.165) is 12.0 Å². The molecule has 8 nitrogen and oxygen atoms in total. The summed E-state index contributed by atoms with van der Waals surface area (Å²) in [6, 6.07) is 8.81.